The molecule has 0 aromatic carbocycles. The molecule has 0 fully saturated rings. The molecule has 1 aliphatic rings. The largest absolute Gasteiger partial charge is 0.397 e. The minimum Gasteiger partial charge on any atom is -0.397 e. The summed E-state index contributed by atoms with van der Waals surface area (Å²) in [5, 5.41) is 17.6. The van der Waals surface area contributed by atoms with Gasteiger partial charge >= 0.3 is 0 Å². The Morgan fingerprint density at radius 3 is 2.29 bits per heavy atom. The molecule has 1 unspecified atom stereocenters. The molecule has 0 aliphatic heterocycles. The van der Waals surface area contributed by atoms with Gasteiger partial charge in [-0.05, 0) is 39.0 Å². The van der Waals surface area contributed by atoms with Gasteiger partial charge in [-0.1, -0.05) is 25.5 Å². The molecule has 0 radical (unpaired) electrons. The molecule has 1 atom stereocenters. The SMILES string of the molecule is CC1=CCC(O)(C(C)C)CC1.CCO. The second-order valence-corrected chi connectivity index (χ2v) is 4.33. The summed E-state index contributed by atoms with van der Waals surface area (Å²) in [4.78, 5) is 0. The third-order valence-corrected chi connectivity index (χ3v) is 2.83. The van der Waals surface area contributed by atoms with Crippen LogP contribution in [0.1, 0.15) is 47.0 Å². The van der Waals surface area contributed by atoms with Crippen molar-refractivity contribution in [2.24, 2.45) is 5.92 Å². The van der Waals surface area contributed by atoms with Gasteiger partial charge in [0.25, 0.3) is 0 Å². The minimum absolute atomic E-state index is 0.250. The monoisotopic (exact) mass is 200 g/mol. The van der Waals surface area contributed by atoms with E-state index in [1.54, 1.807) is 6.92 Å². The van der Waals surface area contributed by atoms with E-state index in [9.17, 15) is 5.11 Å². The average Bonchev–Trinajstić information content (AvgIpc) is 2.11. The van der Waals surface area contributed by atoms with Crippen molar-refractivity contribution in [3.63, 3.8) is 0 Å². The van der Waals surface area contributed by atoms with Gasteiger partial charge < -0.3 is 10.2 Å². The Hall–Kier alpha value is -0.340. The fourth-order valence-corrected chi connectivity index (χ4v) is 1.49. The van der Waals surface area contributed by atoms with Gasteiger partial charge in [0.2, 0.25) is 0 Å². The van der Waals surface area contributed by atoms with Gasteiger partial charge in [-0.25, -0.2) is 0 Å². The van der Waals surface area contributed by atoms with Crippen molar-refractivity contribution in [2.45, 2.75) is 52.6 Å². The highest BCUT2D eigenvalue weighted by atomic mass is 16.3. The van der Waals surface area contributed by atoms with Gasteiger partial charge in [0, 0.05) is 6.61 Å². The molecule has 0 heterocycles. The Balaban J connectivity index is 0.000000500. The summed E-state index contributed by atoms with van der Waals surface area (Å²) >= 11 is 0. The van der Waals surface area contributed by atoms with Crippen LogP contribution in [0.2, 0.25) is 0 Å². The molecule has 0 spiro atoms. The topological polar surface area (TPSA) is 40.5 Å². The van der Waals surface area contributed by atoms with E-state index in [1.165, 1.54) is 5.57 Å². The molecule has 14 heavy (non-hydrogen) atoms. The van der Waals surface area contributed by atoms with E-state index in [0.717, 1.165) is 19.3 Å². The van der Waals surface area contributed by atoms with Gasteiger partial charge in [-0.2, -0.15) is 0 Å². The first-order valence-corrected chi connectivity index (χ1v) is 5.45. The summed E-state index contributed by atoms with van der Waals surface area (Å²) < 4.78 is 0. The minimum atomic E-state index is -0.417. The number of allylic oxidation sites excluding steroid dienone is 1. The Morgan fingerprint density at radius 1 is 1.50 bits per heavy atom. The summed E-state index contributed by atoms with van der Waals surface area (Å²) in [6, 6.07) is 0. The maximum absolute atomic E-state index is 10.0. The van der Waals surface area contributed by atoms with Crippen molar-refractivity contribution < 1.29 is 10.2 Å². The highest BCUT2D eigenvalue weighted by Crippen LogP contribution is 2.32. The third kappa shape index (κ3) is 4.25. The first-order chi connectivity index (χ1) is 6.46. The molecule has 84 valence electrons. The third-order valence-electron chi connectivity index (χ3n) is 2.83. The number of hydrogen-bond donors (Lipinski definition) is 2. The first kappa shape index (κ1) is 13.7. The smallest absolute Gasteiger partial charge is 0.0707 e. The predicted molar refractivity (Wildman–Crippen MR) is 60.2 cm³/mol. The lowest BCUT2D eigenvalue weighted by atomic mass is 9.78. The summed E-state index contributed by atoms with van der Waals surface area (Å²) in [7, 11) is 0. The van der Waals surface area contributed by atoms with E-state index in [2.05, 4.69) is 26.8 Å². The molecule has 0 aromatic rings. The maximum atomic E-state index is 10.0. The van der Waals surface area contributed by atoms with Gasteiger partial charge in [0.1, 0.15) is 0 Å². The number of aliphatic hydroxyl groups excluding tert-OH is 1. The lowest BCUT2D eigenvalue weighted by Gasteiger charge is -2.34. The van der Waals surface area contributed by atoms with E-state index < -0.39 is 5.60 Å². The van der Waals surface area contributed by atoms with Crippen molar-refractivity contribution in [1.29, 1.82) is 0 Å². The van der Waals surface area contributed by atoms with Crippen molar-refractivity contribution in [3.05, 3.63) is 11.6 Å². The van der Waals surface area contributed by atoms with E-state index >= 15 is 0 Å². The van der Waals surface area contributed by atoms with Crippen LogP contribution in [-0.2, 0) is 0 Å². The Morgan fingerprint density at radius 2 is 2.00 bits per heavy atom. The Bertz CT molecular complexity index is 185. The van der Waals surface area contributed by atoms with Crippen LogP contribution in [0.25, 0.3) is 0 Å². The molecule has 2 nitrogen and oxygen atoms in total. The van der Waals surface area contributed by atoms with Crippen molar-refractivity contribution >= 4 is 0 Å². The average molecular weight is 200 g/mol. The van der Waals surface area contributed by atoms with Crippen molar-refractivity contribution in [2.75, 3.05) is 6.61 Å². The fraction of sp³-hybridized carbons (Fsp3) is 0.833. The van der Waals surface area contributed by atoms with E-state index in [4.69, 9.17) is 5.11 Å². The molecule has 0 saturated heterocycles. The van der Waals surface area contributed by atoms with E-state index in [-0.39, 0.29) is 6.61 Å². The normalized spacial score (nSPS) is 26.6. The summed E-state index contributed by atoms with van der Waals surface area (Å²) in [6.45, 7) is 8.25. The van der Waals surface area contributed by atoms with Gasteiger partial charge in [0.15, 0.2) is 0 Å². The molecular weight excluding hydrogens is 176 g/mol. The van der Waals surface area contributed by atoms with Crippen LogP contribution in [0.5, 0.6) is 0 Å². The Labute approximate surface area is 87.7 Å². The summed E-state index contributed by atoms with van der Waals surface area (Å²) in [5.74, 6) is 0.381. The molecule has 2 N–H and O–H groups in total. The first-order valence-electron chi connectivity index (χ1n) is 5.45. The van der Waals surface area contributed by atoms with Crippen LogP contribution in [0.4, 0.5) is 0 Å². The second kappa shape index (κ2) is 6.20. The van der Waals surface area contributed by atoms with Gasteiger partial charge in [-0.3, -0.25) is 0 Å². The summed E-state index contributed by atoms with van der Waals surface area (Å²) in [5.41, 5.74) is 1.01. The lowest BCUT2D eigenvalue weighted by molar-refractivity contribution is -0.0140. The number of hydrogen-bond acceptors (Lipinski definition) is 2. The van der Waals surface area contributed by atoms with Crippen LogP contribution in [0.15, 0.2) is 11.6 Å². The molecular formula is C12H24O2. The number of rotatable bonds is 1. The molecule has 1 aliphatic carbocycles. The van der Waals surface area contributed by atoms with E-state index in [1.807, 2.05) is 0 Å². The molecule has 0 saturated carbocycles. The highest BCUT2D eigenvalue weighted by molar-refractivity contribution is 5.08. The zero-order valence-electron chi connectivity index (χ0n) is 9.88. The van der Waals surface area contributed by atoms with Crippen LogP contribution in [-0.4, -0.2) is 22.4 Å². The fourth-order valence-electron chi connectivity index (χ4n) is 1.49. The molecule has 0 amide bonds. The van der Waals surface area contributed by atoms with Gasteiger partial charge in [0.05, 0.1) is 5.60 Å². The zero-order valence-corrected chi connectivity index (χ0v) is 9.88. The number of aliphatic hydroxyl groups is 2. The van der Waals surface area contributed by atoms with Crippen LogP contribution in [0, 0.1) is 5.92 Å². The standard InChI is InChI=1S/C10H18O.C2H6O/c1-8(2)10(11)6-4-9(3)5-7-10;1-2-3/h4,8,11H,5-7H2,1-3H3;3H,2H2,1H3. The van der Waals surface area contributed by atoms with Crippen molar-refractivity contribution in [1.82, 2.24) is 0 Å². The highest BCUT2D eigenvalue weighted by Gasteiger charge is 2.31. The Kier molecular flexibility index (Phi) is 6.05. The van der Waals surface area contributed by atoms with Gasteiger partial charge in [-0.15, -0.1) is 0 Å². The van der Waals surface area contributed by atoms with Crippen LogP contribution < -0.4 is 0 Å². The molecule has 0 aromatic heterocycles. The maximum Gasteiger partial charge on any atom is 0.0707 e. The molecule has 1 rings (SSSR count). The second-order valence-electron chi connectivity index (χ2n) is 4.33. The molecule has 0 bridgehead atoms. The lowest BCUT2D eigenvalue weighted by Crippen LogP contribution is -2.36. The summed E-state index contributed by atoms with van der Waals surface area (Å²) in [6.07, 6.45) is 5.02. The van der Waals surface area contributed by atoms with E-state index in [0.29, 0.717) is 5.92 Å². The van der Waals surface area contributed by atoms with Crippen molar-refractivity contribution in [3.8, 4) is 0 Å². The zero-order chi connectivity index (χ0) is 11.2. The van der Waals surface area contributed by atoms with Crippen LogP contribution >= 0.6 is 0 Å². The quantitative estimate of drug-likeness (QED) is 0.638. The van der Waals surface area contributed by atoms with Crippen LogP contribution in [0.3, 0.4) is 0 Å². The molecule has 2 heteroatoms. The predicted octanol–water partition coefficient (Wildman–Crippen LogP) is 2.50.